The summed E-state index contributed by atoms with van der Waals surface area (Å²) in [6.45, 7) is 10.3. The van der Waals surface area contributed by atoms with Crippen LogP contribution in [-0.4, -0.2) is 24.3 Å². The van der Waals surface area contributed by atoms with Crippen molar-refractivity contribution in [3.05, 3.63) is 12.0 Å². The molecule has 1 N–H and O–H groups in total. The molecule has 0 fully saturated rings. The Morgan fingerprint density at radius 3 is 1.49 bits per heavy atom. The van der Waals surface area contributed by atoms with Gasteiger partial charge in [-0.05, 0) is 50.4 Å². The molecule has 0 aliphatic heterocycles. The Morgan fingerprint density at radius 2 is 0.953 bits per heavy atom. The van der Waals surface area contributed by atoms with Crippen molar-refractivity contribution in [1.29, 1.82) is 0 Å². The Bertz CT molecular complexity index is 584. The second-order valence-corrected chi connectivity index (χ2v) is 13.3. The highest BCUT2D eigenvalue weighted by Crippen LogP contribution is 2.25. The van der Waals surface area contributed by atoms with Gasteiger partial charge in [-0.3, -0.25) is 4.79 Å². The molecule has 43 heavy (non-hydrogen) atoms. The first kappa shape index (κ1) is 41.8. The van der Waals surface area contributed by atoms with Crippen molar-refractivity contribution in [2.24, 2.45) is 11.8 Å². The van der Waals surface area contributed by atoms with Crippen molar-refractivity contribution in [1.82, 2.24) is 0 Å². The Labute approximate surface area is 269 Å². The first-order valence-corrected chi connectivity index (χ1v) is 19.2. The first-order valence-electron chi connectivity index (χ1n) is 19.2. The van der Waals surface area contributed by atoms with E-state index in [9.17, 15) is 9.90 Å². The fourth-order valence-electron chi connectivity index (χ4n) is 6.23. The maximum atomic E-state index is 11.9. The Kier molecular flexibility index (Phi) is 32.8. The summed E-state index contributed by atoms with van der Waals surface area (Å²) in [6, 6.07) is 0. The quantitative estimate of drug-likeness (QED) is 0.0448. The lowest BCUT2D eigenvalue weighted by Gasteiger charge is -2.18. The maximum absolute atomic E-state index is 11.9. The highest BCUT2D eigenvalue weighted by Gasteiger charge is 2.12. The molecule has 0 heterocycles. The number of ether oxygens (including phenoxy) is 2. The van der Waals surface area contributed by atoms with E-state index in [1.807, 2.05) is 0 Å². The van der Waals surface area contributed by atoms with Gasteiger partial charge in [0.15, 0.2) is 0 Å². The molecular formula is C39H76O4. The summed E-state index contributed by atoms with van der Waals surface area (Å²) in [6.07, 6.45) is 35.5. The van der Waals surface area contributed by atoms with E-state index < -0.39 is 0 Å². The highest BCUT2D eigenvalue weighted by atomic mass is 16.5. The van der Waals surface area contributed by atoms with E-state index in [1.165, 1.54) is 115 Å². The number of carbonyl (C=O) groups excluding carboxylic acids is 1. The topological polar surface area (TPSA) is 55.8 Å². The van der Waals surface area contributed by atoms with E-state index in [0.717, 1.165) is 75.9 Å². The number of hydrogen-bond acceptors (Lipinski definition) is 4. The zero-order valence-electron chi connectivity index (χ0n) is 29.6. The van der Waals surface area contributed by atoms with Crippen LogP contribution >= 0.6 is 0 Å². The Morgan fingerprint density at radius 1 is 0.512 bits per heavy atom. The van der Waals surface area contributed by atoms with Crippen LogP contribution in [0.4, 0.5) is 0 Å². The summed E-state index contributed by atoms with van der Waals surface area (Å²) < 4.78 is 11.4. The third kappa shape index (κ3) is 29.3. The lowest BCUT2D eigenvalue weighted by molar-refractivity contribution is -0.143. The molecule has 4 heteroatoms. The second-order valence-electron chi connectivity index (χ2n) is 13.3. The molecule has 0 aliphatic rings. The molecule has 0 amide bonds. The highest BCUT2D eigenvalue weighted by molar-refractivity contribution is 5.69. The van der Waals surface area contributed by atoms with Crippen LogP contribution in [0.15, 0.2) is 12.0 Å². The first-order chi connectivity index (χ1) is 21.1. The normalized spacial score (nSPS) is 12.6. The van der Waals surface area contributed by atoms with Crippen molar-refractivity contribution in [3.63, 3.8) is 0 Å². The average Bonchev–Trinajstić information content (AvgIpc) is 3.02. The van der Waals surface area contributed by atoms with Gasteiger partial charge in [0.1, 0.15) is 12.0 Å². The van der Waals surface area contributed by atoms with Crippen LogP contribution < -0.4 is 0 Å². The van der Waals surface area contributed by atoms with Gasteiger partial charge in [0.2, 0.25) is 0 Å². The molecule has 0 aromatic heterocycles. The fourth-order valence-corrected chi connectivity index (χ4v) is 6.23. The van der Waals surface area contributed by atoms with E-state index >= 15 is 0 Å². The van der Waals surface area contributed by atoms with Gasteiger partial charge < -0.3 is 14.6 Å². The molecule has 0 rings (SSSR count). The molecule has 0 bridgehead atoms. The zero-order chi connectivity index (χ0) is 31.6. The van der Waals surface area contributed by atoms with E-state index in [0.29, 0.717) is 25.6 Å². The van der Waals surface area contributed by atoms with Gasteiger partial charge in [-0.15, -0.1) is 0 Å². The predicted octanol–water partition coefficient (Wildman–Crippen LogP) is 13.2. The maximum Gasteiger partial charge on any atom is 0.305 e. The third-order valence-electron chi connectivity index (χ3n) is 9.24. The molecule has 0 aliphatic carbocycles. The van der Waals surface area contributed by atoms with Crippen LogP contribution in [0.5, 0.6) is 0 Å². The van der Waals surface area contributed by atoms with Crippen molar-refractivity contribution >= 4 is 5.97 Å². The van der Waals surface area contributed by atoms with Crippen molar-refractivity contribution in [3.8, 4) is 0 Å². The summed E-state index contributed by atoms with van der Waals surface area (Å²) in [7, 11) is 0. The SMILES string of the molecule is CCCCCCCCCC(CCCCCCCCC)CCCOC(=CO)CCCC(CC)CCCC(=O)OCCCCC. The van der Waals surface area contributed by atoms with E-state index in [4.69, 9.17) is 9.47 Å². The van der Waals surface area contributed by atoms with Gasteiger partial charge >= 0.3 is 5.97 Å². The van der Waals surface area contributed by atoms with Gasteiger partial charge in [0.25, 0.3) is 0 Å². The van der Waals surface area contributed by atoms with E-state index in [2.05, 4.69) is 27.7 Å². The Balaban J connectivity index is 4.24. The summed E-state index contributed by atoms with van der Waals surface area (Å²) in [5.41, 5.74) is 0. The number of aliphatic hydroxyl groups is 1. The third-order valence-corrected chi connectivity index (χ3v) is 9.24. The predicted molar refractivity (Wildman–Crippen MR) is 187 cm³/mol. The van der Waals surface area contributed by atoms with Crippen molar-refractivity contribution in [2.75, 3.05) is 13.2 Å². The fraction of sp³-hybridized carbons (Fsp3) is 0.923. The average molecular weight is 609 g/mol. The van der Waals surface area contributed by atoms with Crippen LogP contribution in [0, 0.1) is 11.8 Å². The molecular weight excluding hydrogens is 532 g/mol. The molecule has 1 atom stereocenters. The van der Waals surface area contributed by atoms with Crippen LogP contribution in [0.1, 0.15) is 207 Å². The zero-order valence-corrected chi connectivity index (χ0v) is 29.6. The van der Waals surface area contributed by atoms with Crippen LogP contribution in [0.25, 0.3) is 0 Å². The minimum Gasteiger partial charge on any atom is -0.512 e. The van der Waals surface area contributed by atoms with Gasteiger partial charge in [-0.1, -0.05) is 156 Å². The summed E-state index contributed by atoms with van der Waals surface area (Å²) in [4.78, 5) is 11.9. The van der Waals surface area contributed by atoms with Crippen LogP contribution in [0.2, 0.25) is 0 Å². The number of allylic oxidation sites excluding steroid dienone is 1. The Hall–Kier alpha value is -1.19. The van der Waals surface area contributed by atoms with Gasteiger partial charge in [0, 0.05) is 12.8 Å². The number of hydrogen-bond donors (Lipinski definition) is 1. The summed E-state index contributed by atoms with van der Waals surface area (Å²) in [5.74, 6) is 2.14. The van der Waals surface area contributed by atoms with E-state index in [1.54, 1.807) is 0 Å². The lowest BCUT2D eigenvalue weighted by atomic mass is 9.90. The second kappa shape index (κ2) is 33.7. The molecule has 0 aromatic carbocycles. The van der Waals surface area contributed by atoms with Gasteiger partial charge in [-0.25, -0.2) is 0 Å². The molecule has 4 nitrogen and oxygen atoms in total. The van der Waals surface area contributed by atoms with Crippen LogP contribution in [0.3, 0.4) is 0 Å². The summed E-state index contributed by atoms with van der Waals surface area (Å²) in [5, 5.41) is 9.77. The largest absolute Gasteiger partial charge is 0.512 e. The number of carbonyl (C=O) groups is 1. The lowest BCUT2D eigenvalue weighted by Crippen LogP contribution is -2.07. The minimum absolute atomic E-state index is 0.0445. The minimum atomic E-state index is -0.0445. The molecule has 0 saturated carbocycles. The number of aliphatic hydroxyl groups excluding tert-OH is 1. The molecule has 1 unspecified atom stereocenters. The molecule has 256 valence electrons. The molecule has 0 spiro atoms. The smallest absolute Gasteiger partial charge is 0.305 e. The van der Waals surface area contributed by atoms with Gasteiger partial charge in [0.05, 0.1) is 13.2 Å². The monoisotopic (exact) mass is 609 g/mol. The van der Waals surface area contributed by atoms with Gasteiger partial charge in [-0.2, -0.15) is 0 Å². The number of rotatable bonds is 34. The number of unbranched alkanes of at least 4 members (excludes halogenated alkanes) is 14. The molecule has 0 radical (unpaired) electrons. The number of esters is 1. The van der Waals surface area contributed by atoms with Crippen molar-refractivity contribution < 1.29 is 19.4 Å². The summed E-state index contributed by atoms with van der Waals surface area (Å²) >= 11 is 0. The van der Waals surface area contributed by atoms with Crippen molar-refractivity contribution in [2.45, 2.75) is 207 Å². The van der Waals surface area contributed by atoms with Crippen LogP contribution in [-0.2, 0) is 14.3 Å². The molecule has 0 aromatic rings. The van der Waals surface area contributed by atoms with E-state index in [-0.39, 0.29) is 5.97 Å². The molecule has 0 saturated heterocycles. The standard InChI is InChI=1S/C39H76O4/c1-5-9-12-14-16-18-20-26-37(27-21-19-17-15-13-10-6-2)30-25-34-42-38(35-40)31-23-28-36(8-4)29-24-32-39(41)43-33-22-11-7-3/h35-37,40H,5-34H2,1-4H3.